The number of benzene rings is 2. The molecule has 3 aromatic rings. The molecule has 1 aliphatic rings. The van der Waals surface area contributed by atoms with Crippen molar-refractivity contribution in [2.24, 2.45) is 0 Å². The molecular formula is C25H29N3O2S. The molecule has 5 nitrogen and oxygen atoms in total. The second kappa shape index (κ2) is 10.1. The average Bonchev–Trinajstić information content (AvgIpc) is 3.24. The molecule has 0 unspecified atom stereocenters. The number of hydrogen-bond donors (Lipinski definition) is 0. The van der Waals surface area contributed by atoms with Crippen LogP contribution in [0.3, 0.4) is 0 Å². The summed E-state index contributed by atoms with van der Waals surface area (Å²) in [6, 6.07) is 15.9. The van der Waals surface area contributed by atoms with Gasteiger partial charge in [0.1, 0.15) is 11.6 Å². The van der Waals surface area contributed by atoms with Crippen LogP contribution in [0.2, 0.25) is 0 Å². The lowest BCUT2D eigenvalue weighted by atomic mass is 9.88. The van der Waals surface area contributed by atoms with Crippen molar-refractivity contribution in [3.05, 3.63) is 65.5 Å². The van der Waals surface area contributed by atoms with Gasteiger partial charge in [-0.1, -0.05) is 49.2 Å². The summed E-state index contributed by atoms with van der Waals surface area (Å²) in [5, 5.41) is 5.63. The van der Waals surface area contributed by atoms with Gasteiger partial charge in [-0.3, -0.25) is 4.79 Å². The third-order valence-corrected chi connectivity index (χ3v) is 6.59. The summed E-state index contributed by atoms with van der Waals surface area (Å²) in [5.74, 6) is 3.04. The molecule has 4 rings (SSSR count). The van der Waals surface area contributed by atoms with E-state index in [1.165, 1.54) is 32.1 Å². The molecular weight excluding hydrogens is 406 g/mol. The summed E-state index contributed by atoms with van der Waals surface area (Å²) >= 11 is 1.59. The second-order valence-corrected chi connectivity index (χ2v) is 8.88. The van der Waals surface area contributed by atoms with E-state index in [0.717, 1.165) is 28.0 Å². The largest absolute Gasteiger partial charge is 0.494 e. The Morgan fingerprint density at radius 2 is 1.90 bits per heavy atom. The van der Waals surface area contributed by atoms with Crippen LogP contribution in [0.25, 0.3) is 5.69 Å². The third-order valence-electron chi connectivity index (χ3n) is 5.71. The first-order valence-corrected chi connectivity index (χ1v) is 12.1. The molecule has 31 heavy (non-hydrogen) atoms. The summed E-state index contributed by atoms with van der Waals surface area (Å²) in [4.78, 5) is 16.8. The molecule has 1 aliphatic carbocycles. The first-order chi connectivity index (χ1) is 15.2. The van der Waals surface area contributed by atoms with E-state index in [4.69, 9.17) is 14.8 Å². The van der Waals surface area contributed by atoms with Crippen LogP contribution < -0.4 is 4.74 Å². The predicted octanol–water partition coefficient (Wildman–Crippen LogP) is 6.21. The van der Waals surface area contributed by atoms with E-state index in [1.807, 2.05) is 48.0 Å². The zero-order valence-corrected chi connectivity index (χ0v) is 19.0. The van der Waals surface area contributed by atoms with E-state index in [9.17, 15) is 4.79 Å². The number of carbonyl (C=O) groups is 1. The number of hydrogen-bond acceptors (Lipinski definition) is 5. The summed E-state index contributed by atoms with van der Waals surface area (Å²) in [5.41, 5.74) is 2.75. The van der Waals surface area contributed by atoms with Gasteiger partial charge in [0.2, 0.25) is 5.16 Å². The van der Waals surface area contributed by atoms with Crippen molar-refractivity contribution in [2.75, 3.05) is 6.61 Å². The fraction of sp³-hybridized carbons (Fsp3) is 0.400. The molecule has 0 atom stereocenters. The fourth-order valence-corrected chi connectivity index (χ4v) is 4.91. The Labute approximate surface area is 188 Å². The van der Waals surface area contributed by atoms with Gasteiger partial charge in [-0.25, -0.2) is 9.67 Å². The van der Waals surface area contributed by atoms with Gasteiger partial charge in [-0.15, -0.1) is 5.10 Å². The van der Waals surface area contributed by atoms with Gasteiger partial charge in [0.15, 0.2) is 5.78 Å². The molecule has 0 bridgehead atoms. The number of thioether (sulfide) groups is 1. The Morgan fingerprint density at radius 1 is 1.13 bits per heavy atom. The normalized spacial score (nSPS) is 14.5. The van der Waals surface area contributed by atoms with Crippen LogP contribution in [0.4, 0.5) is 0 Å². The number of ketones is 1. The minimum Gasteiger partial charge on any atom is -0.494 e. The molecule has 1 aromatic heterocycles. The SMILES string of the molecule is CCOc1ccc(C(C)=O)cc1CSc1nc(C2CCCCC2)n(-c2ccccc2)n1. The van der Waals surface area contributed by atoms with Crippen LogP contribution in [0.15, 0.2) is 53.7 Å². The van der Waals surface area contributed by atoms with Crippen LogP contribution in [-0.4, -0.2) is 27.2 Å². The molecule has 0 radical (unpaired) electrons. The van der Waals surface area contributed by atoms with E-state index >= 15 is 0 Å². The summed E-state index contributed by atoms with van der Waals surface area (Å²) in [6.07, 6.45) is 6.16. The Kier molecular flexibility index (Phi) is 7.07. The molecule has 1 fully saturated rings. The number of para-hydroxylation sites is 1. The van der Waals surface area contributed by atoms with Crippen molar-refractivity contribution in [1.82, 2.24) is 14.8 Å². The highest BCUT2D eigenvalue weighted by Gasteiger charge is 2.23. The Bertz CT molecular complexity index is 1030. The standard InChI is InChI=1S/C25H29N3O2S/c1-3-30-23-15-14-20(18(2)29)16-21(23)17-31-25-26-24(19-10-6-4-7-11-19)28(27-25)22-12-8-5-9-13-22/h5,8-9,12-16,19H,3-4,6-7,10-11,17H2,1-2H3. The highest BCUT2D eigenvalue weighted by Crippen LogP contribution is 2.35. The van der Waals surface area contributed by atoms with E-state index in [0.29, 0.717) is 23.8 Å². The average molecular weight is 436 g/mol. The van der Waals surface area contributed by atoms with E-state index in [-0.39, 0.29) is 5.78 Å². The van der Waals surface area contributed by atoms with Crippen molar-refractivity contribution in [3.63, 3.8) is 0 Å². The van der Waals surface area contributed by atoms with E-state index < -0.39 is 0 Å². The van der Waals surface area contributed by atoms with Gasteiger partial charge in [0, 0.05) is 22.8 Å². The summed E-state index contributed by atoms with van der Waals surface area (Å²) < 4.78 is 7.80. The number of carbonyl (C=O) groups excluding carboxylic acids is 1. The van der Waals surface area contributed by atoms with Crippen LogP contribution in [0.1, 0.15) is 73.6 Å². The van der Waals surface area contributed by atoms with Gasteiger partial charge < -0.3 is 4.74 Å². The number of aromatic nitrogens is 3. The third kappa shape index (κ3) is 5.18. The molecule has 162 valence electrons. The molecule has 0 spiro atoms. The van der Waals surface area contributed by atoms with Crippen LogP contribution in [-0.2, 0) is 5.75 Å². The van der Waals surface area contributed by atoms with Crippen LogP contribution in [0.5, 0.6) is 5.75 Å². The molecule has 0 aliphatic heterocycles. The lowest BCUT2D eigenvalue weighted by Gasteiger charge is -2.21. The molecule has 1 saturated carbocycles. The van der Waals surface area contributed by atoms with Gasteiger partial charge in [-0.2, -0.15) is 0 Å². The molecule has 0 N–H and O–H groups in total. The highest BCUT2D eigenvalue weighted by molar-refractivity contribution is 7.98. The van der Waals surface area contributed by atoms with Gasteiger partial charge in [0.25, 0.3) is 0 Å². The fourth-order valence-electron chi connectivity index (χ4n) is 4.10. The maximum atomic E-state index is 11.8. The lowest BCUT2D eigenvalue weighted by Crippen LogP contribution is -2.12. The monoisotopic (exact) mass is 435 g/mol. The molecule has 0 saturated heterocycles. The van der Waals surface area contributed by atoms with Crippen molar-refractivity contribution in [2.45, 2.75) is 62.8 Å². The first-order valence-electron chi connectivity index (χ1n) is 11.1. The maximum absolute atomic E-state index is 11.8. The predicted molar refractivity (Wildman–Crippen MR) is 124 cm³/mol. The van der Waals surface area contributed by atoms with Gasteiger partial charge in [-0.05, 0) is 57.0 Å². The van der Waals surface area contributed by atoms with Gasteiger partial charge >= 0.3 is 0 Å². The molecule has 1 heterocycles. The Balaban J connectivity index is 1.61. The zero-order valence-electron chi connectivity index (χ0n) is 18.2. The zero-order chi connectivity index (χ0) is 21.6. The number of nitrogens with zero attached hydrogens (tertiary/aromatic N) is 3. The first kappa shape index (κ1) is 21.6. The molecule has 0 amide bonds. The molecule has 6 heteroatoms. The van der Waals surface area contributed by atoms with E-state index in [2.05, 4.69) is 12.1 Å². The Morgan fingerprint density at radius 3 is 2.61 bits per heavy atom. The van der Waals surface area contributed by atoms with Crippen LogP contribution >= 0.6 is 11.8 Å². The second-order valence-electron chi connectivity index (χ2n) is 7.94. The van der Waals surface area contributed by atoms with Crippen molar-refractivity contribution < 1.29 is 9.53 Å². The highest BCUT2D eigenvalue weighted by atomic mass is 32.2. The number of ether oxygens (including phenoxy) is 1. The number of rotatable bonds is 8. The molecule has 2 aromatic carbocycles. The smallest absolute Gasteiger partial charge is 0.209 e. The summed E-state index contributed by atoms with van der Waals surface area (Å²) in [7, 11) is 0. The minimum absolute atomic E-state index is 0.0559. The van der Waals surface area contributed by atoms with Crippen molar-refractivity contribution >= 4 is 17.5 Å². The maximum Gasteiger partial charge on any atom is 0.209 e. The Hall–Kier alpha value is -2.60. The van der Waals surface area contributed by atoms with Gasteiger partial charge in [0.05, 0.1) is 12.3 Å². The number of Topliss-reactive ketones (excluding diaryl/α,β-unsaturated/α-hetero) is 1. The topological polar surface area (TPSA) is 57.0 Å². The minimum atomic E-state index is 0.0559. The lowest BCUT2D eigenvalue weighted by molar-refractivity contribution is 0.101. The van der Waals surface area contributed by atoms with E-state index in [1.54, 1.807) is 18.7 Å². The van der Waals surface area contributed by atoms with Crippen molar-refractivity contribution in [1.29, 1.82) is 0 Å². The van der Waals surface area contributed by atoms with Crippen LogP contribution in [0, 0.1) is 0 Å². The quantitative estimate of drug-likeness (QED) is 0.311. The summed E-state index contributed by atoms with van der Waals surface area (Å²) in [6.45, 7) is 4.14. The van der Waals surface area contributed by atoms with Crippen molar-refractivity contribution in [3.8, 4) is 11.4 Å².